The topological polar surface area (TPSA) is 73.9 Å². The molecule has 0 unspecified atom stereocenters. The Balaban J connectivity index is 3.39. The Labute approximate surface area is 150 Å². The van der Waals surface area contributed by atoms with E-state index in [0.29, 0.717) is 17.1 Å². The third-order valence-corrected chi connectivity index (χ3v) is 4.99. The van der Waals surface area contributed by atoms with Gasteiger partial charge >= 0.3 is 5.97 Å². The van der Waals surface area contributed by atoms with Gasteiger partial charge in [0.25, 0.3) is 0 Å². The summed E-state index contributed by atoms with van der Waals surface area (Å²) >= 11 is 6.32. The summed E-state index contributed by atoms with van der Waals surface area (Å²) in [5.41, 5.74) is 0.357. The molecule has 0 aliphatic rings. The van der Waals surface area contributed by atoms with Crippen LogP contribution in [0, 0.1) is 0 Å². The fraction of sp³-hybridized carbons (Fsp3) is 0.562. The van der Waals surface area contributed by atoms with E-state index in [4.69, 9.17) is 25.8 Å². The van der Waals surface area contributed by atoms with Crippen molar-refractivity contribution in [3.05, 3.63) is 22.7 Å². The van der Waals surface area contributed by atoms with Crippen LogP contribution in [0.1, 0.15) is 39.3 Å². The molecule has 2 atom stereocenters. The molecule has 0 heterocycles. The molecule has 0 aromatic heterocycles. The van der Waals surface area contributed by atoms with Gasteiger partial charge in [0.1, 0.15) is 17.5 Å². The predicted octanol–water partition coefficient (Wildman–Crippen LogP) is 3.01. The zero-order chi connectivity index (χ0) is 18.5. The molecule has 136 valence electrons. The number of halogens is 1. The zero-order valence-electron chi connectivity index (χ0n) is 14.8. The van der Waals surface area contributed by atoms with Crippen molar-refractivity contribution >= 4 is 28.6 Å². The van der Waals surface area contributed by atoms with Gasteiger partial charge in [-0.2, -0.15) is 0 Å². The van der Waals surface area contributed by atoms with Crippen LogP contribution in [0.5, 0.6) is 11.5 Å². The molecule has 0 saturated carbocycles. The van der Waals surface area contributed by atoms with Gasteiger partial charge in [-0.25, -0.2) is 13.7 Å². The number of benzene rings is 1. The molecule has 0 saturated heterocycles. The molecule has 8 heteroatoms. The standard InChI is InChI=1S/C16H24ClNO5S/c1-7-23-15(19)14(18-24(20)16(2,3)4)13-11(17)8-10(21-5)9-12(13)22-6/h8-9,14,18H,7H2,1-6H3/t14-,24-/m1/s1. The van der Waals surface area contributed by atoms with Crippen molar-refractivity contribution in [2.24, 2.45) is 0 Å². The molecular weight excluding hydrogens is 354 g/mol. The van der Waals surface area contributed by atoms with E-state index in [9.17, 15) is 9.00 Å². The molecule has 0 aliphatic heterocycles. The Morgan fingerprint density at radius 3 is 2.38 bits per heavy atom. The summed E-state index contributed by atoms with van der Waals surface area (Å²) in [6.07, 6.45) is 0. The average Bonchev–Trinajstić information content (AvgIpc) is 2.51. The summed E-state index contributed by atoms with van der Waals surface area (Å²) in [4.78, 5) is 12.4. The Kier molecular flexibility index (Phi) is 7.51. The predicted molar refractivity (Wildman–Crippen MR) is 95.0 cm³/mol. The highest BCUT2D eigenvalue weighted by atomic mass is 35.5. The van der Waals surface area contributed by atoms with Gasteiger partial charge in [0.2, 0.25) is 0 Å². The smallest absolute Gasteiger partial charge is 0.328 e. The highest BCUT2D eigenvalue weighted by molar-refractivity contribution is 7.84. The van der Waals surface area contributed by atoms with E-state index in [1.54, 1.807) is 39.8 Å². The third kappa shape index (κ3) is 5.09. The van der Waals surface area contributed by atoms with Gasteiger partial charge in [0.15, 0.2) is 0 Å². The number of carbonyl (C=O) groups excluding carboxylic acids is 1. The minimum atomic E-state index is -1.51. The van der Waals surface area contributed by atoms with Gasteiger partial charge < -0.3 is 14.2 Å². The minimum Gasteiger partial charge on any atom is -0.497 e. The van der Waals surface area contributed by atoms with Crippen LogP contribution < -0.4 is 14.2 Å². The Hall–Kier alpha value is -1.31. The van der Waals surface area contributed by atoms with E-state index in [0.717, 1.165) is 0 Å². The Morgan fingerprint density at radius 1 is 1.29 bits per heavy atom. The fourth-order valence-corrected chi connectivity index (χ4v) is 2.96. The molecule has 1 rings (SSSR count). The van der Waals surface area contributed by atoms with E-state index in [1.165, 1.54) is 14.2 Å². The number of carbonyl (C=O) groups is 1. The number of ether oxygens (including phenoxy) is 3. The summed E-state index contributed by atoms with van der Waals surface area (Å²) in [6, 6.07) is 2.14. The molecule has 1 N–H and O–H groups in total. The maximum Gasteiger partial charge on any atom is 0.328 e. The fourth-order valence-electron chi connectivity index (χ4n) is 1.87. The van der Waals surface area contributed by atoms with Crippen molar-refractivity contribution in [2.45, 2.75) is 38.5 Å². The van der Waals surface area contributed by atoms with Crippen LogP contribution in [-0.2, 0) is 20.5 Å². The third-order valence-electron chi connectivity index (χ3n) is 3.11. The lowest BCUT2D eigenvalue weighted by Gasteiger charge is -2.25. The van der Waals surface area contributed by atoms with Crippen molar-refractivity contribution in [3.8, 4) is 11.5 Å². The van der Waals surface area contributed by atoms with Gasteiger partial charge in [-0.1, -0.05) is 11.6 Å². The van der Waals surface area contributed by atoms with Gasteiger partial charge in [0.05, 0.1) is 41.6 Å². The van der Waals surface area contributed by atoms with Gasteiger partial charge in [-0.3, -0.25) is 0 Å². The first-order valence-corrected chi connectivity index (χ1v) is 8.94. The van der Waals surface area contributed by atoms with E-state index in [2.05, 4.69) is 4.72 Å². The maximum atomic E-state index is 12.5. The number of nitrogens with one attached hydrogen (secondary N) is 1. The second kappa shape index (κ2) is 8.69. The lowest BCUT2D eigenvalue weighted by atomic mass is 10.1. The van der Waals surface area contributed by atoms with Crippen molar-refractivity contribution in [1.29, 1.82) is 0 Å². The van der Waals surface area contributed by atoms with Crippen LogP contribution in [0.3, 0.4) is 0 Å². The van der Waals surface area contributed by atoms with Crippen LogP contribution in [0.4, 0.5) is 0 Å². The van der Waals surface area contributed by atoms with E-state index >= 15 is 0 Å². The molecule has 0 radical (unpaired) electrons. The van der Waals surface area contributed by atoms with Crippen LogP contribution in [0.25, 0.3) is 0 Å². The van der Waals surface area contributed by atoms with Crippen molar-refractivity contribution < 1.29 is 23.2 Å². The van der Waals surface area contributed by atoms with Crippen LogP contribution in [0.2, 0.25) is 5.02 Å². The highest BCUT2D eigenvalue weighted by Gasteiger charge is 2.33. The van der Waals surface area contributed by atoms with Gasteiger partial charge in [-0.05, 0) is 33.8 Å². The summed E-state index contributed by atoms with van der Waals surface area (Å²) in [6.45, 7) is 7.28. The maximum absolute atomic E-state index is 12.5. The molecule has 0 spiro atoms. The number of methoxy groups -OCH3 is 2. The molecule has 0 amide bonds. The average molecular weight is 378 g/mol. The quantitative estimate of drug-likeness (QED) is 0.739. The molecule has 0 bridgehead atoms. The Morgan fingerprint density at radius 2 is 1.92 bits per heavy atom. The summed E-state index contributed by atoms with van der Waals surface area (Å²) in [5.74, 6) is 0.247. The summed E-state index contributed by atoms with van der Waals surface area (Å²) in [5, 5.41) is 0.252. The monoisotopic (exact) mass is 377 g/mol. The Bertz CT molecular complexity index is 615. The van der Waals surface area contributed by atoms with Gasteiger partial charge in [-0.15, -0.1) is 0 Å². The highest BCUT2D eigenvalue weighted by Crippen LogP contribution is 2.37. The molecule has 0 aliphatic carbocycles. The first-order chi connectivity index (χ1) is 11.1. The lowest BCUT2D eigenvalue weighted by molar-refractivity contribution is -0.145. The second-order valence-corrected chi connectivity index (χ2v) is 8.31. The van der Waals surface area contributed by atoms with Crippen LogP contribution in [-0.4, -0.2) is 35.8 Å². The summed E-state index contributed by atoms with van der Waals surface area (Å²) in [7, 11) is 1.44. The zero-order valence-corrected chi connectivity index (χ0v) is 16.3. The van der Waals surface area contributed by atoms with E-state index < -0.39 is 27.7 Å². The van der Waals surface area contributed by atoms with Crippen LogP contribution >= 0.6 is 11.6 Å². The molecule has 1 aromatic rings. The number of esters is 1. The SMILES string of the molecule is CCOC(=O)[C@H](N[S@](=O)C(C)(C)C)c1c(Cl)cc(OC)cc1OC. The van der Waals surface area contributed by atoms with Crippen molar-refractivity contribution in [2.75, 3.05) is 20.8 Å². The van der Waals surface area contributed by atoms with Crippen LogP contribution in [0.15, 0.2) is 12.1 Å². The normalized spacial score (nSPS) is 14.0. The number of rotatable bonds is 7. The molecule has 6 nitrogen and oxygen atoms in total. The first-order valence-electron chi connectivity index (χ1n) is 7.41. The largest absolute Gasteiger partial charge is 0.497 e. The molecule has 1 aromatic carbocycles. The van der Waals surface area contributed by atoms with E-state index in [1.807, 2.05) is 0 Å². The molecule has 24 heavy (non-hydrogen) atoms. The summed E-state index contributed by atoms with van der Waals surface area (Å²) < 4.78 is 30.3. The van der Waals surface area contributed by atoms with E-state index in [-0.39, 0.29) is 11.6 Å². The first kappa shape index (κ1) is 20.7. The van der Waals surface area contributed by atoms with Crippen molar-refractivity contribution in [3.63, 3.8) is 0 Å². The lowest BCUT2D eigenvalue weighted by Crippen LogP contribution is -2.39. The number of hydrogen-bond acceptors (Lipinski definition) is 5. The second-order valence-electron chi connectivity index (χ2n) is 5.91. The molecule has 0 fully saturated rings. The molecular formula is C16H24ClNO5S. The van der Waals surface area contributed by atoms with Crippen molar-refractivity contribution in [1.82, 2.24) is 4.72 Å². The van der Waals surface area contributed by atoms with Gasteiger partial charge in [0, 0.05) is 11.6 Å². The number of hydrogen-bond donors (Lipinski definition) is 1. The minimum absolute atomic E-state index is 0.190.